The zero-order valence-corrected chi connectivity index (χ0v) is 16.9. The summed E-state index contributed by atoms with van der Waals surface area (Å²) in [4.78, 5) is 26.4. The van der Waals surface area contributed by atoms with E-state index < -0.39 is 6.04 Å². The summed E-state index contributed by atoms with van der Waals surface area (Å²) < 4.78 is 14.5. The standard InChI is InChI=1S/C20H24FNO3S.ClH/c1-13(24)26-18-8-10-22(12-15(18)9-11-23)19(20(25)14-6-7-14)16-4-2-3-5-17(16)21;/h2-5,9,14,18-19,23H,6-8,10-12H2,1H3;1H/b15-9+;. The number of ketones is 1. The van der Waals surface area contributed by atoms with Gasteiger partial charge in [-0.3, -0.25) is 14.5 Å². The van der Waals surface area contributed by atoms with Crippen molar-refractivity contribution < 1.29 is 19.1 Å². The number of piperidine rings is 1. The number of halogens is 2. The minimum atomic E-state index is -0.603. The highest BCUT2D eigenvalue weighted by molar-refractivity contribution is 8.14. The van der Waals surface area contributed by atoms with Gasteiger partial charge in [0.25, 0.3) is 0 Å². The molecular formula is C20H25ClFNO3S. The molecule has 148 valence electrons. The van der Waals surface area contributed by atoms with Gasteiger partial charge in [0, 0.05) is 36.7 Å². The molecule has 1 aromatic carbocycles. The SMILES string of the molecule is CC(=O)SC1CCN(C(C(=O)C2CC2)c2ccccc2F)C/C1=C\CO.Cl. The van der Waals surface area contributed by atoms with Gasteiger partial charge < -0.3 is 5.11 Å². The van der Waals surface area contributed by atoms with Gasteiger partial charge in [0.2, 0.25) is 0 Å². The molecule has 2 fully saturated rings. The highest BCUT2D eigenvalue weighted by atomic mass is 35.5. The molecule has 1 N–H and O–H groups in total. The molecule has 0 spiro atoms. The Hall–Kier alpha value is -1.21. The lowest BCUT2D eigenvalue weighted by Gasteiger charge is -2.38. The van der Waals surface area contributed by atoms with E-state index in [4.69, 9.17) is 0 Å². The monoisotopic (exact) mass is 413 g/mol. The lowest BCUT2D eigenvalue weighted by atomic mass is 9.93. The molecule has 0 amide bonds. The number of aliphatic hydroxyl groups excluding tert-OH is 1. The van der Waals surface area contributed by atoms with Crippen molar-refractivity contribution in [1.29, 1.82) is 0 Å². The van der Waals surface area contributed by atoms with E-state index in [1.54, 1.807) is 24.3 Å². The fourth-order valence-corrected chi connectivity index (χ4v) is 4.52. The number of nitrogens with zero attached hydrogens (tertiary/aromatic N) is 1. The summed E-state index contributed by atoms with van der Waals surface area (Å²) >= 11 is 1.26. The summed E-state index contributed by atoms with van der Waals surface area (Å²) in [5.74, 6) is -0.260. The van der Waals surface area contributed by atoms with Crippen LogP contribution in [0.1, 0.15) is 37.8 Å². The number of carbonyl (C=O) groups is 2. The summed E-state index contributed by atoms with van der Waals surface area (Å²) in [6.07, 6.45) is 4.16. The molecule has 1 heterocycles. The molecule has 1 saturated heterocycles. The Labute approximate surface area is 169 Å². The van der Waals surface area contributed by atoms with E-state index in [0.29, 0.717) is 25.1 Å². The first kappa shape index (κ1) is 22.1. The molecule has 4 nitrogen and oxygen atoms in total. The van der Waals surface area contributed by atoms with Crippen LogP contribution in [0.25, 0.3) is 0 Å². The molecule has 2 atom stereocenters. The van der Waals surface area contributed by atoms with Crippen LogP contribution in [0, 0.1) is 11.7 Å². The first-order chi connectivity index (χ1) is 12.5. The maximum absolute atomic E-state index is 14.5. The second-order valence-corrected chi connectivity index (χ2v) is 8.30. The van der Waals surface area contributed by atoms with Crippen molar-refractivity contribution in [3.8, 4) is 0 Å². The number of hydrogen-bond donors (Lipinski definition) is 1. The number of carbonyl (C=O) groups excluding carboxylic acids is 2. The van der Waals surface area contributed by atoms with Crippen LogP contribution in [0.4, 0.5) is 4.39 Å². The minimum absolute atomic E-state index is 0. The van der Waals surface area contributed by atoms with E-state index >= 15 is 0 Å². The van der Waals surface area contributed by atoms with Crippen LogP contribution in [0.2, 0.25) is 0 Å². The lowest BCUT2D eigenvalue weighted by Crippen LogP contribution is -2.43. The number of Topliss-reactive ketones (excluding diaryl/α,β-unsaturated/α-hetero) is 1. The van der Waals surface area contributed by atoms with E-state index in [1.807, 2.05) is 4.90 Å². The first-order valence-electron chi connectivity index (χ1n) is 9.00. The average molecular weight is 414 g/mol. The lowest BCUT2D eigenvalue weighted by molar-refractivity contribution is -0.126. The van der Waals surface area contributed by atoms with Crippen LogP contribution < -0.4 is 0 Å². The molecule has 1 aliphatic heterocycles. The smallest absolute Gasteiger partial charge is 0.186 e. The van der Waals surface area contributed by atoms with Gasteiger partial charge in [-0.05, 0) is 30.9 Å². The fraction of sp³-hybridized carbons (Fsp3) is 0.500. The second-order valence-electron chi connectivity index (χ2n) is 6.92. The largest absolute Gasteiger partial charge is 0.392 e. The summed E-state index contributed by atoms with van der Waals surface area (Å²) in [5.41, 5.74) is 1.36. The van der Waals surface area contributed by atoms with Gasteiger partial charge in [-0.25, -0.2) is 4.39 Å². The van der Waals surface area contributed by atoms with E-state index in [9.17, 15) is 19.1 Å². The van der Waals surface area contributed by atoms with Crippen LogP contribution >= 0.6 is 24.2 Å². The van der Waals surface area contributed by atoms with Gasteiger partial charge in [0.15, 0.2) is 10.9 Å². The van der Waals surface area contributed by atoms with Crippen LogP contribution in [0.3, 0.4) is 0 Å². The molecule has 7 heteroatoms. The van der Waals surface area contributed by atoms with Crippen LogP contribution in [0.15, 0.2) is 35.9 Å². The Bertz CT molecular complexity index is 723. The van der Waals surface area contributed by atoms with E-state index in [-0.39, 0.29) is 46.9 Å². The van der Waals surface area contributed by atoms with Crippen LogP contribution in [-0.4, -0.2) is 45.9 Å². The highest BCUT2D eigenvalue weighted by Gasteiger charge is 2.41. The molecule has 27 heavy (non-hydrogen) atoms. The zero-order chi connectivity index (χ0) is 18.7. The maximum atomic E-state index is 14.5. The van der Waals surface area contributed by atoms with Crippen LogP contribution in [0.5, 0.6) is 0 Å². The number of likely N-dealkylation sites (tertiary alicyclic amines) is 1. The van der Waals surface area contributed by atoms with Crippen molar-refractivity contribution in [1.82, 2.24) is 4.90 Å². The van der Waals surface area contributed by atoms with Crippen molar-refractivity contribution >= 4 is 35.1 Å². The zero-order valence-electron chi connectivity index (χ0n) is 15.3. The average Bonchev–Trinajstić information content (AvgIpc) is 3.44. The normalized spacial score (nSPS) is 22.9. The van der Waals surface area contributed by atoms with Gasteiger partial charge in [0.1, 0.15) is 5.82 Å². The molecule has 0 radical (unpaired) electrons. The molecule has 3 rings (SSSR count). The number of benzene rings is 1. The van der Waals surface area contributed by atoms with E-state index in [0.717, 1.165) is 18.4 Å². The highest BCUT2D eigenvalue weighted by Crippen LogP contribution is 2.40. The number of aliphatic hydroxyl groups is 1. The van der Waals surface area contributed by atoms with Gasteiger partial charge in [-0.1, -0.05) is 36.0 Å². The van der Waals surface area contributed by atoms with Crippen molar-refractivity contribution in [2.75, 3.05) is 19.7 Å². The van der Waals surface area contributed by atoms with Gasteiger partial charge >= 0.3 is 0 Å². The summed E-state index contributed by atoms with van der Waals surface area (Å²) in [7, 11) is 0. The molecule has 2 unspecified atom stereocenters. The van der Waals surface area contributed by atoms with Crippen molar-refractivity contribution in [3.05, 3.63) is 47.3 Å². The number of thioether (sulfide) groups is 1. The molecule has 1 aliphatic carbocycles. The third-order valence-corrected chi connectivity index (χ3v) is 6.11. The molecule has 2 aliphatic rings. The van der Waals surface area contributed by atoms with Crippen molar-refractivity contribution in [2.45, 2.75) is 37.5 Å². The molecule has 1 saturated carbocycles. The predicted molar refractivity (Wildman–Crippen MR) is 108 cm³/mol. The predicted octanol–water partition coefficient (Wildman–Crippen LogP) is 3.54. The maximum Gasteiger partial charge on any atom is 0.186 e. The Kier molecular flexibility index (Phi) is 8.04. The summed E-state index contributed by atoms with van der Waals surface area (Å²) in [6, 6.07) is 5.87. The molecule has 0 bridgehead atoms. The third-order valence-electron chi connectivity index (χ3n) is 4.95. The molecule has 0 aromatic heterocycles. The van der Waals surface area contributed by atoms with Gasteiger partial charge in [-0.2, -0.15) is 0 Å². The Morgan fingerprint density at radius 1 is 1.33 bits per heavy atom. The Morgan fingerprint density at radius 3 is 2.63 bits per heavy atom. The summed E-state index contributed by atoms with van der Waals surface area (Å²) in [5, 5.41) is 9.39. The van der Waals surface area contributed by atoms with Gasteiger partial charge in [-0.15, -0.1) is 12.4 Å². The van der Waals surface area contributed by atoms with Crippen LogP contribution in [-0.2, 0) is 9.59 Å². The van der Waals surface area contributed by atoms with E-state index in [1.165, 1.54) is 24.8 Å². The third kappa shape index (κ3) is 5.41. The van der Waals surface area contributed by atoms with Crippen molar-refractivity contribution in [3.63, 3.8) is 0 Å². The molecule has 1 aromatic rings. The quantitative estimate of drug-likeness (QED) is 0.723. The Balaban J connectivity index is 0.00000261. The minimum Gasteiger partial charge on any atom is -0.392 e. The topological polar surface area (TPSA) is 57.6 Å². The number of hydrogen-bond acceptors (Lipinski definition) is 5. The molecular weight excluding hydrogens is 389 g/mol. The van der Waals surface area contributed by atoms with Gasteiger partial charge in [0.05, 0.1) is 12.6 Å². The summed E-state index contributed by atoms with van der Waals surface area (Å²) in [6.45, 7) is 2.50. The Morgan fingerprint density at radius 2 is 2.04 bits per heavy atom. The van der Waals surface area contributed by atoms with E-state index in [2.05, 4.69) is 0 Å². The number of rotatable bonds is 6. The van der Waals surface area contributed by atoms with Crippen molar-refractivity contribution in [2.24, 2.45) is 5.92 Å². The first-order valence-corrected chi connectivity index (χ1v) is 9.88. The second kappa shape index (κ2) is 9.82. The fourth-order valence-electron chi connectivity index (χ4n) is 3.57.